The summed E-state index contributed by atoms with van der Waals surface area (Å²) >= 11 is 3.70. The largest absolute Gasteiger partial charge is 0.344 e. The summed E-state index contributed by atoms with van der Waals surface area (Å²) in [6, 6.07) is 42.8. The smallest absolute Gasteiger partial charge is 0.0446 e. The highest BCUT2D eigenvalue weighted by Crippen LogP contribution is 2.45. The van der Waals surface area contributed by atoms with Crippen molar-refractivity contribution in [1.29, 1.82) is 0 Å². The third kappa shape index (κ3) is 6.20. The fourth-order valence-corrected chi connectivity index (χ4v) is 11.8. The van der Waals surface area contributed by atoms with Gasteiger partial charge in [0.15, 0.2) is 0 Å². The molecule has 0 atom stereocenters. The van der Waals surface area contributed by atoms with Gasteiger partial charge in [0.25, 0.3) is 0 Å². The van der Waals surface area contributed by atoms with Crippen LogP contribution in [-0.2, 0) is 6.42 Å². The third-order valence-corrected chi connectivity index (χ3v) is 14.8. The van der Waals surface area contributed by atoms with E-state index in [0.717, 1.165) is 29.0 Å². The van der Waals surface area contributed by atoms with Gasteiger partial charge in [0.1, 0.15) is 0 Å². The molecule has 3 heteroatoms. The van der Waals surface area contributed by atoms with E-state index in [9.17, 15) is 0 Å². The van der Waals surface area contributed by atoms with Crippen LogP contribution >= 0.6 is 22.7 Å². The second-order valence-electron chi connectivity index (χ2n) is 15.6. The molecule has 0 spiro atoms. The molecule has 1 aliphatic carbocycles. The fraction of sp³-hybridized carbons (Fsp3) is 0.0877. The van der Waals surface area contributed by atoms with Crippen LogP contribution in [-0.4, -0.2) is 7.05 Å². The van der Waals surface area contributed by atoms with E-state index < -0.39 is 0 Å². The summed E-state index contributed by atoms with van der Waals surface area (Å²) in [5, 5.41) is 10.2. The third-order valence-electron chi connectivity index (χ3n) is 12.3. The van der Waals surface area contributed by atoms with Crippen LogP contribution in [0.2, 0.25) is 0 Å². The van der Waals surface area contributed by atoms with Crippen LogP contribution in [0.5, 0.6) is 0 Å². The van der Waals surface area contributed by atoms with Gasteiger partial charge in [0, 0.05) is 53.9 Å². The summed E-state index contributed by atoms with van der Waals surface area (Å²) in [7, 11) is 2.23. The van der Waals surface area contributed by atoms with Crippen LogP contribution in [0.4, 0.5) is 11.4 Å². The van der Waals surface area contributed by atoms with Gasteiger partial charge in [-0.1, -0.05) is 159 Å². The normalized spacial score (nSPS) is 12.9. The predicted molar refractivity (Wildman–Crippen MR) is 270 cm³/mol. The number of hydrogen-bond acceptors (Lipinski definition) is 3. The number of thiophene rings is 2. The molecule has 0 N–H and O–H groups in total. The molecule has 290 valence electrons. The molecule has 9 aromatic rings. The fourth-order valence-electron chi connectivity index (χ4n) is 9.36. The summed E-state index contributed by atoms with van der Waals surface area (Å²) in [6.45, 7) is 12.7. The number of benzene rings is 7. The quantitative estimate of drug-likeness (QED) is 0.104. The minimum atomic E-state index is 0.762. The van der Waals surface area contributed by atoms with E-state index in [1.165, 1.54) is 102 Å². The number of nitrogens with zero attached hydrogens (tertiary/aromatic N) is 1. The van der Waals surface area contributed by atoms with Gasteiger partial charge in [0.05, 0.1) is 0 Å². The molecule has 0 radical (unpaired) electrons. The predicted octanol–water partition coefficient (Wildman–Crippen LogP) is 17.2. The number of hydrogen-bond donors (Lipinski definition) is 0. The van der Waals surface area contributed by atoms with E-state index in [0.29, 0.717) is 0 Å². The Labute approximate surface area is 360 Å². The van der Waals surface area contributed by atoms with Crippen LogP contribution in [0.25, 0.3) is 93.5 Å². The molecule has 1 nitrogen and oxygen atoms in total. The topological polar surface area (TPSA) is 3.24 Å². The summed E-state index contributed by atoms with van der Waals surface area (Å²) in [6.07, 6.45) is 21.7. The van der Waals surface area contributed by atoms with E-state index >= 15 is 0 Å². The number of anilines is 2. The first-order chi connectivity index (χ1) is 29.5. The maximum absolute atomic E-state index is 4.16. The maximum atomic E-state index is 4.16. The Morgan fingerprint density at radius 2 is 1.35 bits per heavy atom. The van der Waals surface area contributed by atoms with Crippen molar-refractivity contribution in [2.24, 2.45) is 0 Å². The van der Waals surface area contributed by atoms with E-state index in [1.807, 2.05) is 23.5 Å². The lowest BCUT2D eigenvalue weighted by atomic mass is 9.90. The highest BCUT2D eigenvalue weighted by atomic mass is 32.1. The molecule has 2 heterocycles. The molecule has 1 aliphatic rings. The summed E-state index contributed by atoms with van der Waals surface area (Å²) in [5.41, 5.74) is 12.4. The van der Waals surface area contributed by atoms with Crippen LogP contribution < -0.4 is 4.90 Å². The molecule has 0 bridgehead atoms. The van der Waals surface area contributed by atoms with Gasteiger partial charge in [-0.15, -0.1) is 22.7 Å². The van der Waals surface area contributed by atoms with Gasteiger partial charge >= 0.3 is 0 Å². The van der Waals surface area contributed by atoms with E-state index in [-0.39, 0.29) is 0 Å². The molecule has 0 saturated carbocycles. The Kier molecular flexibility index (Phi) is 9.80. The van der Waals surface area contributed by atoms with Gasteiger partial charge in [-0.2, -0.15) is 0 Å². The zero-order chi connectivity index (χ0) is 40.9. The molecule has 0 saturated heterocycles. The zero-order valence-electron chi connectivity index (χ0n) is 34.3. The molecular weight excluding hydrogens is 763 g/mol. The molecule has 60 heavy (non-hydrogen) atoms. The molecule has 2 aromatic heterocycles. The van der Waals surface area contributed by atoms with Crippen LogP contribution in [0, 0.1) is 6.92 Å². The highest BCUT2D eigenvalue weighted by Gasteiger charge is 2.20. The Bertz CT molecular complexity index is 3310. The molecule has 10 rings (SSSR count). The lowest BCUT2D eigenvalue weighted by Gasteiger charge is -2.26. The Morgan fingerprint density at radius 3 is 2.08 bits per heavy atom. The minimum absolute atomic E-state index is 0.762. The van der Waals surface area contributed by atoms with E-state index in [2.05, 4.69) is 197 Å². The minimum Gasteiger partial charge on any atom is -0.344 e. The van der Waals surface area contributed by atoms with Crippen LogP contribution in [0.15, 0.2) is 159 Å². The van der Waals surface area contributed by atoms with Gasteiger partial charge in [0.2, 0.25) is 0 Å². The number of allylic oxidation sites excluding steroid dienone is 6. The Balaban J connectivity index is 1.16. The van der Waals surface area contributed by atoms with Crippen molar-refractivity contribution in [2.45, 2.75) is 26.7 Å². The summed E-state index contributed by atoms with van der Waals surface area (Å²) in [5.74, 6) is 0. The molecule has 0 aliphatic heterocycles. The van der Waals surface area contributed by atoms with Crippen molar-refractivity contribution < 1.29 is 0 Å². The van der Waals surface area contributed by atoms with Crippen LogP contribution in [0.3, 0.4) is 0 Å². The number of rotatable bonds is 9. The SMILES string of the molecule is C=Cc1sc2c(-c3ccc(N(C)c4ccc5c6ccccc6c6ccccc6c5c4)c(C/C=C(\C=C/C)c4cccc5c6c(sc45)C=CCC=C6)c3C)cccc2c1C=C. The van der Waals surface area contributed by atoms with Crippen molar-refractivity contribution in [3.8, 4) is 11.1 Å². The number of fused-ring (bicyclic) bond motifs is 10. The maximum Gasteiger partial charge on any atom is 0.0446 e. The van der Waals surface area contributed by atoms with Gasteiger partial charge in [-0.05, 0) is 122 Å². The summed E-state index contributed by atoms with van der Waals surface area (Å²) in [4.78, 5) is 4.88. The molecule has 0 amide bonds. The molecular formula is C57H45NS2. The van der Waals surface area contributed by atoms with Crippen molar-refractivity contribution in [3.63, 3.8) is 0 Å². The molecule has 0 unspecified atom stereocenters. The average Bonchev–Trinajstić information content (AvgIpc) is 3.75. The van der Waals surface area contributed by atoms with Gasteiger partial charge < -0.3 is 4.90 Å². The van der Waals surface area contributed by atoms with E-state index in [1.54, 1.807) is 11.3 Å². The zero-order valence-corrected chi connectivity index (χ0v) is 35.9. The van der Waals surface area contributed by atoms with Crippen molar-refractivity contribution in [1.82, 2.24) is 0 Å². The summed E-state index contributed by atoms with van der Waals surface area (Å²) < 4.78 is 2.60. The first kappa shape index (κ1) is 37.7. The van der Waals surface area contributed by atoms with Crippen LogP contribution in [0.1, 0.15) is 50.9 Å². The Morgan fingerprint density at radius 1 is 0.667 bits per heavy atom. The standard InChI is InChI=1S/C57H45NS2/c1-6-18-37(42-24-16-27-51-48-23-10-9-11-28-55(48)60-56(42)51)29-31-41-36(4)40(50-26-17-25-49-39(7-2)54(8-3)59-57(49)50)33-34-53(41)58(5)38-30-32-47-45-21-13-12-19-43(45)44-20-14-15-22-46(44)52(47)35-38/h6-8,10-30,32-35H,2-3,9,31H2,1,4-5H3/b18-6-,37-29+. The second-order valence-corrected chi connectivity index (χ2v) is 17.7. The molecule has 7 aromatic carbocycles. The highest BCUT2D eigenvalue weighted by molar-refractivity contribution is 7.21. The first-order valence-electron chi connectivity index (χ1n) is 20.7. The van der Waals surface area contributed by atoms with Gasteiger partial charge in [-0.3, -0.25) is 0 Å². The van der Waals surface area contributed by atoms with Crippen molar-refractivity contribution >= 4 is 116 Å². The van der Waals surface area contributed by atoms with Crippen molar-refractivity contribution in [2.75, 3.05) is 11.9 Å². The van der Waals surface area contributed by atoms with E-state index in [4.69, 9.17) is 0 Å². The van der Waals surface area contributed by atoms with Crippen molar-refractivity contribution in [3.05, 3.63) is 196 Å². The lowest BCUT2D eigenvalue weighted by Crippen LogP contribution is -2.13. The molecule has 0 fully saturated rings. The first-order valence-corrected chi connectivity index (χ1v) is 22.3. The second kappa shape index (κ2) is 15.6. The monoisotopic (exact) mass is 807 g/mol. The Hall–Kier alpha value is -6.52. The average molecular weight is 808 g/mol. The van der Waals surface area contributed by atoms with Gasteiger partial charge in [-0.25, -0.2) is 0 Å². The lowest BCUT2D eigenvalue weighted by molar-refractivity contribution is 1.13.